The van der Waals surface area contributed by atoms with E-state index in [1.165, 1.54) is 0 Å². The van der Waals surface area contributed by atoms with E-state index in [4.69, 9.17) is 4.74 Å². The van der Waals surface area contributed by atoms with Gasteiger partial charge in [0, 0.05) is 10.0 Å². The first-order valence-corrected chi connectivity index (χ1v) is 7.29. The highest BCUT2D eigenvalue weighted by Gasteiger charge is 2.07. The average molecular weight is 384 g/mol. The standard InChI is InChI=1S/C15H12Br2O2/c1-9-5-12(6-10(2)15(9)17)19-14-4-3-11(8-18)7-13(14)16/h3-8H,1-2H3. The zero-order valence-corrected chi connectivity index (χ0v) is 13.7. The zero-order valence-electron chi connectivity index (χ0n) is 10.5. The third-order valence-electron chi connectivity index (χ3n) is 2.73. The first-order valence-electron chi connectivity index (χ1n) is 5.70. The maximum absolute atomic E-state index is 10.7. The molecule has 0 aliphatic carbocycles. The van der Waals surface area contributed by atoms with E-state index in [1.807, 2.05) is 26.0 Å². The Morgan fingerprint density at radius 2 is 1.68 bits per heavy atom. The summed E-state index contributed by atoms with van der Waals surface area (Å²) in [4.78, 5) is 10.7. The molecule has 0 amide bonds. The lowest BCUT2D eigenvalue weighted by molar-refractivity contribution is 0.112. The highest BCUT2D eigenvalue weighted by molar-refractivity contribution is 9.10. The summed E-state index contributed by atoms with van der Waals surface area (Å²) in [5.74, 6) is 1.46. The Hall–Kier alpha value is -1.13. The van der Waals surface area contributed by atoms with E-state index in [2.05, 4.69) is 31.9 Å². The third-order valence-corrected chi connectivity index (χ3v) is 4.60. The lowest BCUT2D eigenvalue weighted by Crippen LogP contribution is -1.90. The van der Waals surface area contributed by atoms with Crippen LogP contribution in [-0.4, -0.2) is 6.29 Å². The van der Waals surface area contributed by atoms with Crippen LogP contribution in [0.2, 0.25) is 0 Å². The fourth-order valence-corrected chi connectivity index (χ4v) is 2.47. The minimum atomic E-state index is 0.613. The molecule has 2 nitrogen and oxygen atoms in total. The lowest BCUT2D eigenvalue weighted by Gasteiger charge is -2.11. The van der Waals surface area contributed by atoms with Crippen molar-refractivity contribution in [3.05, 3.63) is 56.0 Å². The van der Waals surface area contributed by atoms with E-state index >= 15 is 0 Å². The second-order valence-corrected chi connectivity index (χ2v) is 5.93. The Labute approximate surface area is 129 Å². The Morgan fingerprint density at radius 3 is 2.21 bits per heavy atom. The minimum absolute atomic E-state index is 0.613. The summed E-state index contributed by atoms with van der Waals surface area (Å²) in [6.07, 6.45) is 0.808. The quantitative estimate of drug-likeness (QED) is 0.660. The lowest BCUT2D eigenvalue weighted by atomic mass is 10.1. The van der Waals surface area contributed by atoms with Gasteiger partial charge in [-0.25, -0.2) is 0 Å². The van der Waals surface area contributed by atoms with Crippen LogP contribution in [0.15, 0.2) is 39.3 Å². The molecular weight excluding hydrogens is 372 g/mol. The van der Waals surface area contributed by atoms with Crippen molar-refractivity contribution in [1.29, 1.82) is 0 Å². The van der Waals surface area contributed by atoms with E-state index in [-0.39, 0.29) is 0 Å². The van der Waals surface area contributed by atoms with Gasteiger partial charge in [-0.05, 0) is 71.2 Å². The second kappa shape index (κ2) is 5.88. The van der Waals surface area contributed by atoms with E-state index in [9.17, 15) is 4.79 Å². The van der Waals surface area contributed by atoms with Gasteiger partial charge in [-0.3, -0.25) is 4.79 Å². The smallest absolute Gasteiger partial charge is 0.150 e. The van der Waals surface area contributed by atoms with Gasteiger partial charge >= 0.3 is 0 Å². The predicted octanol–water partition coefficient (Wildman–Crippen LogP) is 5.43. The molecule has 0 saturated carbocycles. The maximum atomic E-state index is 10.7. The molecule has 0 bridgehead atoms. The molecule has 2 rings (SSSR count). The SMILES string of the molecule is Cc1cc(Oc2ccc(C=O)cc2Br)cc(C)c1Br. The molecule has 0 spiro atoms. The van der Waals surface area contributed by atoms with E-state index in [1.54, 1.807) is 18.2 Å². The van der Waals surface area contributed by atoms with Gasteiger partial charge < -0.3 is 4.74 Å². The summed E-state index contributed by atoms with van der Waals surface area (Å²) in [7, 11) is 0. The molecule has 0 fully saturated rings. The number of ether oxygens (including phenoxy) is 1. The molecule has 0 heterocycles. The van der Waals surface area contributed by atoms with Crippen molar-refractivity contribution in [3.63, 3.8) is 0 Å². The summed E-state index contributed by atoms with van der Waals surface area (Å²) in [6.45, 7) is 4.04. The van der Waals surface area contributed by atoms with Crippen LogP contribution in [0.5, 0.6) is 11.5 Å². The number of halogens is 2. The number of carbonyl (C=O) groups is 1. The number of hydrogen-bond acceptors (Lipinski definition) is 2. The molecule has 0 atom stereocenters. The first-order chi connectivity index (χ1) is 9.01. The van der Waals surface area contributed by atoms with E-state index in [0.717, 1.165) is 32.1 Å². The van der Waals surface area contributed by atoms with Crippen molar-refractivity contribution in [2.24, 2.45) is 0 Å². The Kier molecular flexibility index (Phi) is 4.42. The van der Waals surface area contributed by atoms with Crippen LogP contribution in [0.1, 0.15) is 21.5 Å². The van der Waals surface area contributed by atoms with Crippen LogP contribution in [0, 0.1) is 13.8 Å². The van der Waals surface area contributed by atoms with Crippen LogP contribution in [-0.2, 0) is 0 Å². The van der Waals surface area contributed by atoms with Crippen molar-refractivity contribution in [2.75, 3.05) is 0 Å². The van der Waals surface area contributed by atoms with Gasteiger partial charge in [0.05, 0.1) is 4.47 Å². The molecule has 4 heteroatoms. The third kappa shape index (κ3) is 3.25. The van der Waals surface area contributed by atoms with Crippen LogP contribution in [0.25, 0.3) is 0 Å². The predicted molar refractivity (Wildman–Crippen MR) is 83.2 cm³/mol. The number of hydrogen-bond donors (Lipinski definition) is 0. The topological polar surface area (TPSA) is 26.3 Å². The second-order valence-electron chi connectivity index (χ2n) is 4.28. The molecule has 0 aliphatic rings. The molecule has 0 aliphatic heterocycles. The van der Waals surface area contributed by atoms with Gasteiger partial charge in [0.15, 0.2) is 0 Å². The van der Waals surface area contributed by atoms with Crippen molar-refractivity contribution < 1.29 is 9.53 Å². The minimum Gasteiger partial charge on any atom is -0.456 e. The summed E-state index contributed by atoms with van der Waals surface area (Å²) in [5.41, 5.74) is 2.86. The highest BCUT2D eigenvalue weighted by atomic mass is 79.9. The molecule has 2 aromatic rings. The van der Waals surface area contributed by atoms with Crippen LogP contribution in [0.4, 0.5) is 0 Å². The fraction of sp³-hybridized carbons (Fsp3) is 0.133. The number of aryl methyl sites for hydroxylation is 2. The summed E-state index contributed by atoms with van der Waals surface area (Å²) >= 11 is 6.93. The molecule has 0 saturated heterocycles. The molecule has 0 aromatic heterocycles. The van der Waals surface area contributed by atoms with Crippen LogP contribution in [0.3, 0.4) is 0 Å². The van der Waals surface area contributed by atoms with Gasteiger partial charge in [-0.1, -0.05) is 15.9 Å². The van der Waals surface area contributed by atoms with Gasteiger partial charge in [0.25, 0.3) is 0 Å². The van der Waals surface area contributed by atoms with Crippen molar-refractivity contribution in [3.8, 4) is 11.5 Å². The fourth-order valence-electron chi connectivity index (χ4n) is 1.77. The van der Waals surface area contributed by atoms with Crippen molar-refractivity contribution in [1.82, 2.24) is 0 Å². The maximum Gasteiger partial charge on any atom is 0.150 e. The largest absolute Gasteiger partial charge is 0.456 e. The highest BCUT2D eigenvalue weighted by Crippen LogP contribution is 2.33. The molecular formula is C15H12Br2O2. The molecule has 98 valence electrons. The van der Waals surface area contributed by atoms with Crippen molar-refractivity contribution >= 4 is 38.1 Å². The van der Waals surface area contributed by atoms with E-state index in [0.29, 0.717) is 11.3 Å². The molecule has 19 heavy (non-hydrogen) atoms. The number of benzene rings is 2. The van der Waals surface area contributed by atoms with Gasteiger partial charge in [-0.2, -0.15) is 0 Å². The van der Waals surface area contributed by atoms with E-state index < -0.39 is 0 Å². The number of rotatable bonds is 3. The monoisotopic (exact) mass is 382 g/mol. The Balaban J connectivity index is 2.33. The molecule has 0 radical (unpaired) electrons. The van der Waals surface area contributed by atoms with Gasteiger partial charge in [0.1, 0.15) is 17.8 Å². The summed E-state index contributed by atoms with van der Waals surface area (Å²) in [6, 6.07) is 9.18. The first kappa shape index (κ1) is 14.3. The summed E-state index contributed by atoms with van der Waals surface area (Å²) in [5, 5.41) is 0. The number of aldehydes is 1. The molecule has 0 N–H and O–H groups in total. The van der Waals surface area contributed by atoms with Crippen LogP contribution >= 0.6 is 31.9 Å². The Bertz CT molecular complexity index is 613. The summed E-state index contributed by atoms with van der Waals surface area (Å²) < 4.78 is 7.69. The normalized spacial score (nSPS) is 10.3. The molecule has 2 aromatic carbocycles. The Morgan fingerprint density at radius 1 is 1.05 bits per heavy atom. The average Bonchev–Trinajstić information content (AvgIpc) is 2.38. The van der Waals surface area contributed by atoms with Gasteiger partial charge in [-0.15, -0.1) is 0 Å². The van der Waals surface area contributed by atoms with Crippen molar-refractivity contribution in [2.45, 2.75) is 13.8 Å². The number of carbonyl (C=O) groups excluding carboxylic acids is 1. The van der Waals surface area contributed by atoms with Gasteiger partial charge in [0.2, 0.25) is 0 Å². The zero-order chi connectivity index (χ0) is 14.0. The molecule has 0 unspecified atom stereocenters. The van der Waals surface area contributed by atoms with Crippen LogP contribution < -0.4 is 4.74 Å².